The van der Waals surface area contributed by atoms with Crippen molar-refractivity contribution in [2.24, 2.45) is 0 Å². The van der Waals surface area contributed by atoms with E-state index in [1.165, 1.54) is 0 Å². The summed E-state index contributed by atoms with van der Waals surface area (Å²) in [6, 6.07) is 5.34. The third-order valence-corrected chi connectivity index (χ3v) is 4.64. The number of hydrogen-bond acceptors (Lipinski definition) is 4. The van der Waals surface area contributed by atoms with E-state index in [1.807, 2.05) is 6.92 Å². The highest BCUT2D eigenvalue weighted by molar-refractivity contribution is 7.85. The molecule has 2 atom stereocenters. The van der Waals surface area contributed by atoms with E-state index < -0.39 is 10.8 Å². The number of rotatable bonds is 6. The van der Waals surface area contributed by atoms with Crippen molar-refractivity contribution in [1.82, 2.24) is 0 Å². The van der Waals surface area contributed by atoms with Gasteiger partial charge in [0.05, 0.1) is 28.4 Å². The fraction of sp³-hybridized carbons (Fsp3) is 0.571. The molecular weight excluding hydrogens is 262 g/mol. The maximum Gasteiger partial charge on any atom is 0.120 e. The van der Waals surface area contributed by atoms with Gasteiger partial charge in [0.2, 0.25) is 0 Å². The molecule has 1 aliphatic heterocycles. The van der Waals surface area contributed by atoms with Gasteiger partial charge >= 0.3 is 0 Å². The molecule has 2 rings (SSSR count). The first-order valence-electron chi connectivity index (χ1n) is 6.73. The Kier molecular flexibility index (Phi) is 5.22. The molecule has 0 spiro atoms. The molecule has 5 heteroatoms. The zero-order chi connectivity index (χ0) is 13.7. The molecule has 0 saturated carbocycles. The van der Waals surface area contributed by atoms with Crippen molar-refractivity contribution in [1.29, 1.82) is 0 Å². The Morgan fingerprint density at radius 2 is 2.37 bits per heavy atom. The zero-order valence-electron chi connectivity index (χ0n) is 11.3. The van der Waals surface area contributed by atoms with Crippen LogP contribution in [0.15, 0.2) is 23.1 Å². The molecular formula is C14H21NO3S. The van der Waals surface area contributed by atoms with Crippen molar-refractivity contribution in [3.8, 4) is 5.75 Å². The highest BCUT2D eigenvalue weighted by Crippen LogP contribution is 2.24. The fourth-order valence-corrected chi connectivity index (χ4v) is 3.46. The zero-order valence-corrected chi connectivity index (χ0v) is 12.1. The molecule has 4 nitrogen and oxygen atoms in total. The summed E-state index contributed by atoms with van der Waals surface area (Å²) in [6.45, 7) is 3.34. The van der Waals surface area contributed by atoms with Gasteiger partial charge in [-0.05, 0) is 44.4 Å². The molecule has 2 N–H and O–H groups in total. The first-order valence-corrected chi connectivity index (χ1v) is 8.05. The van der Waals surface area contributed by atoms with Gasteiger partial charge in [0.15, 0.2) is 0 Å². The quantitative estimate of drug-likeness (QED) is 0.814. The van der Waals surface area contributed by atoms with Gasteiger partial charge in [-0.2, -0.15) is 0 Å². The lowest BCUT2D eigenvalue weighted by Gasteiger charge is -2.11. The second kappa shape index (κ2) is 6.91. The van der Waals surface area contributed by atoms with Gasteiger partial charge in [0, 0.05) is 18.0 Å². The van der Waals surface area contributed by atoms with Crippen LogP contribution in [0.25, 0.3) is 0 Å². The maximum absolute atomic E-state index is 12.3. The minimum absolute atomic E-state index is 0.264. The predicted molar refractivity (Wildman–Crippen MR) is 76.9 cm³/mol. The Labute approximate surface area is 116 Å². The van der Waals surface area contributed by atoms with Crippen LogP contribution in [0.5, 0.6) is 5.75 Å². The molecule has 19 heavy (non-hydrogen) atoms. The van der Waals surface area contributed by atoms with Crippen LogP contribution in [-0.4, -0.2) is 29.3 Å². The largest absolute Gasteiger partial charge is 0.494 e. The van der Waals surface area contributed by atoms with Crippen LogP contribution < -0.4 is 10.5 Å². The normalized spacial score (nSPS) is 20.4. The summed E-state index contributed by atoms with van der Waals surface area (Å²) >= 11 is 0. The second-order valence-electron chi connectivity index (χ2n) is 4.61. The van der Waals surface area contributed by atoms with Crippen LogP contribution in [0.3, 0.4) is 0 Å². The van der Waals surface area contributed by atoms with Gasteiger partial charge in [0.25, 0.3) is 0 Å². The summed E-state index contributed by atoms with van der Waals surface area (Å²) in [5.74, 6) is 1.31. The molecule has 0 aliphatic carbocycles. The maximum atomic E-state index is 12.3. The van der Waals surface area contributed by atoms with Gasteiger partial charge < -0.3 is 15.2 Å². The molecule has 0 amide bonds. The van der Waals surface area contributed by atoms with E-state index in [4.69, 9.17) is 15.2 Å². The number of hydrogen-bond donors (Lipinski definition) is 1. The van der Waals surface area contributed by atoms with Crippen LogP contribution in [0.2, 0.25) is 0 Å². The molecule has 0 radical (unpaired) electrons. The standard InChI is InChI=1S/C14H21NO3S/c1-2-17-12-5-6-13(15)14(10-12)19(16)9-7-11-4-3-8-18-11/h5-6,10-11H,2-4,7-9,15H2,1H3. The van der Waals surface area contributed by atoms with E-state index in [2.05, 4.69) is 0 Å². The number of benzene rings is 1. The average molecular weight is 283 g/mol. The number of ether oxygens (including phenoxy) is 2. The third kappa shape index (κ3) is 3.94. The number of nitrogen functional groups attached to an aromatic ring is 1. The van der Waals surface area contributed by atoms with Gasteiger partial charge in [-0.3, -0.25) is 4.21 Å². The van der Waals surface area contributed by atoms with Crippen LogP contribution in [0.4, 0.5) is 5.69 Å². The molecule has 106 valence electrons. The summed E-state index contributed by atoms with van der Waals surface area (Å²) in [5.41, 5.74) is 6.45. The van der Waals surface area contributed by atoms with Gasteiger partial charge in [-0.25, -0.2) is 0 Å². The minimum Gasteiger partial charge on any atom is -0.494 e. The van der Waals surface area contributed by atoms with E-state index in [-0.39, 0.29) is 6.10 Å². The van der Waals surface area contributed by atoms with Crippen molar-refractivity contribution in [3.63, 3.8) is 0 Å². The molecule has 1 aromatic rings. The summed E-state index contributed by atoms with van der Waals surface area (Å²) in [6.07, 6.45) is 3.27. The molecule has 1 aliphatic rings. The lowest BCUT2D eigenvalue weighted by molar-refractivity contribution is 0.109. The van der Waals surface area contributed by atoms with E-state index in [1.54, 1.807) is 18.2 Å². The lowest BCUT2D eigenvalue weighted by Crippen LogP contribution is -2.11. The van der Waals surface area contributed by atoms with Crippen molar-refractivity contribution in [3.05, 3.63) is 18.2 Å². The summed E-state index contributed by atoms with van der Waals surface area (Å²) in [7, 11) is -1.09. The summed E-state index contributed by atoms with van der Waals surface area (Å²) in [4.78, 5) is 0.670. The molecule has 1 fully saturated rings. The average Bonchev–Trinajstić information content (AvgIpc) is 2.92. The molecule has 1 saturated heterocycles. The summed E-state index contributed by atoms with van der Waals surface area (Å²) in [5, 5.41) is 0. The van der Waals surface area contributed by atoms with Crippen LogP contribution >= 0.6 is 0 Å². The second-order valence-corrected chi connectivity index (χ2v) is 6.15. The van der Waals surface area contributed by atoms with E-state index in [0.29, 0.717) is 22.9 Å². The molecule has 0 bridgehead atoms. The van der Waals surface area contributed by atoms with Crippen LogP contribution in [-0.2, 0) is 15.5 Å². The Balaban J connectivity index is 1.98. The first kappa shape index (κ1) is 14.3. The number of nitrogens with two attached hydrogens (primary N) is 1. The van der Waals surface area contributed by atoms with E-state index in [9.17, 15) is 4.21 Å². The van der Waals surface area contributed by atoms with E-state index >= 15 is 0 Å². The van der Waals surface area contributed by atoms with Crippen molar-refractivity contribution < 1.29 is 13.7 Å². The molecule has 1 aromatic carbocycles. The highest BCUT2D eigenvalue weighted by atomic mass is 32.2. The van der Waals surface area contributed by atoms with Crippen molar-refractivity contribution in [2.45, 2.75) is 37.2 Å². The van der Waals surface area contributed by atoms with Gasteiger partial charge in [-0.1, -0.05) is 0 Å². The predicted octanol–water partition coefficient (Wildman–Crippen LogP) is 2.34. The topological polar surface area (TPSA) is 61.5 Å². The monoisotopic (exact) mass is 283 g/mol. The Morgan fingerprint density at radius 3 is 3.05 bits per heavy atom. The molecule has 0 aromatic heterocycles. The Hall–Kier alpha value is -1.07. The van der Waals surface area contributed by atoms with Crippen molar-refractivity contribution >= 4 is 16.5 Å². The van der Waals surface area contributed by atoms with Crippen LogP contribution in [0, 0.1) is 0 Å². The first-order chi connectivity index (χ1) is 9.20. The summed E-state index contributed by atoms with van der Waals surface area (Å²) < 4.78 is 23.3. The van der Waals surface area contributed by atoms with Crippen molar-refractivity contribution in [2.75, 3.05) is 24.7 Å². The molecule has 2 unspecified atom stereocenters. The third-order valence-electron chi connectivity index (χ3n) is 3.19. The van der Waals surface area contributed by atoms with Gasteiger partial charge in [0.1, 0.15) is 5.75 Å². The minimum atomic E-state index is -1.09. The Morgan fingerprint density at radius 1 is 1.53 bits per heavy atom. The fourth-order valence-electron chi connectivity index (χ4n) is 2.19. The smallest absolute Gasteiger partial charge is 0.120 e. The van der Waals surface area contributed by atoms with Gasteiger partial charge in [-0.15, -0.1) is 0 Å². The van der Waals surface area contributed by atoms with E-state index in [0.717, 1.165) is 31.6 Å². The Bertz CT molecular complexity index is 444. The SMILES string of the molecule is CCOc1ccc(N)c(S(=O)CCC2CCCO2)c1. The molecule has 1 heterocycles. The number of anilines is 1. The highest BCUT2D eigenvalue weighted by Gasteiger charge is 2.18. The van der Waals surface area contributed by atoms with Crippen LogP contribution in [0.1, 0.15) is 26.2 Å². The lowest BCUT2D eigenvalue weighted by atomic mass is 10.2.